The largest absolute Gasteiger partial charge is 0.468 e. The Kier molecular flexibility index (Phi) is 5.07. The maximum absolute atomic E-state index is 13.8. The number of ether oxygens (including phenoxy) is 1. The van der Waals surface area contributed by atoms with Crippen LogP contribution in [0.25, 0.3) is 0 Å². The molecule has 4 nitrogen and oxygen atoms in total. The van der Waals surface area contributed by atoms with E-state index >= 15 is 0 Å². The number of hydrogen-bond donors (Lipinski definition) is 0. The SMILES string of the molecule is COC(=O)C1(c2ccccc2)CCN(C(=O)c2ccc(C)c(F)c2)CC1. The maximum atomic E-state index is 13.8. The third kappa shape index (κ3) is 3.21. The molecule has 1 fully saturated rings. The molecule has 0 radical (unpaired) electrons. The van der Waals surface area contributed by atoms with Crippen LogP contribution in [0.15, 0.2) is 48.5 Å². The van der Waals surface area contributed by atoms with E-state index in [1.54, 1.807) is 24.0 Å². The van der Waals surface area contributed by atoms with Crippen LogP contribution >= 0.6 is 0 Å². The minimum Gasteiger partial charge on any atom is -0.468 e. The lowest BCUT2D eigenvalue weighted by Crippen LogP contribution is -2.49. The van der Waals surface area contributed by atoms with Crippen molar-refractivity contribution in [2.45, 2.75) is 25.2 Å². The molecule has 0 bridgehead atoms. The number of carbonyl (C=O) groups excluding carboxylic acids is 2. The molecule has 3 rings (SSSR count). The summed E-state index contributed by atoms with van der Waals surface area (Å²) in [6.45, 7) is 2.49. The number of amides is 1. The van der Waals surface area contributed by atoms with Crippen molar-refractivity contribution >= 4 is 11.9 Å². The molecule has 0 aliphatic carbocycles. The number of benzene rings is 2. The monoisotopic (exact) mass is 355 g/mol. The molecule has 0 unspecified atom stereocenters. The van der Waals surface area contributed by atoms with Gasteiger partial charge in [-0.15, -0.1) is 0 Å². The van der Waals surface area contributed by atoms with E-state index in [4.69, 9.17) is 4.74 Å². The van der Waals surface area contributed by atoms with E-state index in [9.17, 15) is 14.0 Å². The second kappa shape index (κ2) is 7.28. The third-order valence-electron chi connectivity index (χ3n) is 5.23. The Labute approximate surface area is 152 Å². The number of nitrogens with zero attached hydrogens (tertiary/aromatic N) is 1. The van der Waals surface area contributed by atoms with Crippen molar-refractivity contribution in [1.29, 1.82) is 0 Å². The molecule has 1 aliphatic rings. The average Bonchev–Trinajstić information content (AvgIpc) is 2.69. The number of rotatable bonds is 3. The summed E-state index contributed by atoms with van der Waals surface area (Å²) >= 11 is 0. The van der Waals surface area contributed by atoms with Crippen molar-refractivity contribution in [2.75, 3.05) is 20.2 Å². The number of hydrogen-bond acceptors (Lipinski definition) is 3. The minimum atomic E-state index is -0.745. The van der Waals surface area contributed by atoms with Gasteiger partial charge in [0, 0.05) is 18.7 Å². The first kappa shape index (κ1) is 18.1. The van der Waals surface area contributed by atoms with Crippen molar-refractivity contribution in [3.8, 4) is 0 Å². The van der Waals surface area contributed by atoms with E-state index in [2.05, 4.69) is 0 Å². The van der Waals surface area contributed by atoms with Crippen LogP contribution in [0, 0.1) is 12.7 Å². The van der Waals surface area contributed by atoms with Gasteiger partial charge in [0.15, 0.2) is 0 Å². The first-order valence-electron chi connectivity index (χ1n) is 8.67. The highest BCUT2D eigenvalue weighted by atomic mass is 19.1. The summed E-state index contributed by atoms with van der Waals surface area (Å²) in [4.78, 5) is 26.9. The molecule has 0 spiro atoms. The van der Waals surface area contributed by atoms with Crippen LogP contribution in [-0.4, -0.2) is 37.0 Å². The number of piperidine rings is 1. The summed E-state index contributed by atoms with van der Waals surface area (Å²) in [6.07, 6.45) is 0.952. The number of methoxy groups -OCH3 is 1. The van der Waals surface area contributed by atoms with Gasteiger partial charge in [-0.1, -0.05) is 36.4 Å². The zero-order valence-electron chi connectivity index (χ0n) is 15.0. The molecule has 1 amide bonds. The molecule has 136 valence electrons. The number of aryl methyl sites for hydroxylation is 1. The van der Waals surface area contributed by atoms with Gasteiger partial charge in [-0.25, -0.2) is 4.39 Å². The van der Waals surface area contributed by atoms with E-state index in [0.29, 0.717) is 37.1 Å². The zero-order chi connectivity index (χ0) is 18.7. The molecule has 2 aromatic rings. The van der Waals surface area contributed by atoms with Gasteiger partial charge >= 0.3 is 5.97 Å². The Morgan fingerprint density at radius 3 is 2.31 bits per heavy atom. The van der Waals surface area contributed by atoms with Crippen LogP contribution in [-0.2, 0) is 14.9 Å². The van der Waals surface area contributed by atoms with Crippen molar-refractivity contribution < 1.29 is 18.7 Å². The summed E-state index contributed by atoms with van der Waals surface area (Å²) in [5.41, 5.74) is 0.999. The molecule has 0 N–H and O–H groups in total. The fourth-order valence-corrected chi connectivity index (χ4v) is 3.56. The molecule has 1 saturated heterocycles. The van der Waals surface area contributed by atoms with Gasteiger partial charge in [-0.05, 0) is 43.0 Å². The van der Waals surface area contributed by atoms with Crippen molar-refractivity contribution in [3.63, 3.8) is 0 Å². The van der Waals surface area contributed by atoms with Gasteiger partial charge in [-0.3, -0.25) is 9.59 Å². The summed E-state index contributed by atoms with van der Waals surface area (Å²) in [6, 6.07) is 14.1. The van der Waals surface area contributed by atoms with Crippen LogP contribution in [0.2, 0.25) is 0 Å². The second-order valence-corrected chi connectivity index (χ2v) is 6.70. The summed E-state index contributed by atoms with van der Waals surface area (Å²) in [7, 11) is 1.39. The molecular formula is C21H22FNO3. The molecule has 1 aliphatic heterocycles. The second-order valence-electron chi connectivity index (χ2n) is 6.70. The Morgan fingerprint density at radius 2 is 1.73 bits per heavy atom. The lowest BCUT2D eigenvalue weighted by atomic mass is 9.72. The van der Waals surface area contributed by atoms with Crippen LogP contribution in [0.3, 0.4) is 0 Å². The predicted molar refractivity (Wildman–Crippen MR) is 96.4 cm³/mol. The number of carbonyl (C=O) groups is 2. The first-order chi connectivity index (χ1) is 12.5. The van der Waals surface area contributed by atoms with Crippen molar-refractivity contribution in [1.82, 2.24) is 4.90 Å². The van der Waals surface area contributed by atoms with E-state index in [1.165, 1.54) is 13.2 Å². The van der Waals surface area contributed by atoms with Gasteiger partial charge in [0.2, 0.25) is 0 Å². The molecule has 5 heteroatoms. The van der Waals surface area contributed by atoms with E-state index < -0.39 is 5.41 Å². The van der Waals surface area contributed by atoms with Crippen molar-refractivity contribution in [2.24, 2.45) is 0 Å². The number of likely N-dealkylation sites (tertiary alicyclic amines) is 1. The third-order valence-corrected chi connectivity index (χ3v) is 5.23. The van der Waals surface area contributed by atoms with Crippen LogP contribution in [0.4, 0.5) is 4.39 Å². The smallest absolute Gasteiger partial charge is 0.316 e. The Hall–Kier alpha value is -2.69. The highest BCUT2D eigenvalue weighted by Gasteiger charge is 2.44. The summed E-state index contributed by atoms with van der Waals surface area (Å²) < 4.78 is 18.8. The fourth-order valence-electron chi connectivity index (χ4n) is 3.56. The zero-order valence-corrected chi connectivity index (χ0v) is 15.0. The van der Waals surface area contributed by atoms with Gasteiger partial charge < -0.3 is 9.64 Å². The van der Waals surface area contributed by atoms with Crippen LogP contribution in [0.5, 0.6) is 0 Å². The predicted octanol–water partition coefficient (Wildman–Crippen LogP) is 3.48. The normalized spacial score (nSPS) is 16.2. The topological polar surface area (TPSA) is 46.6 Å². The van der Waals surface area contributed by atoms with Gasteiger partial charge in [0.05, 0.1) is 12.5 Å². The Balaban J connectivity index is 1.80. The molecule has 0 aromatic heterocycles. The fraction of sp³-hybridized carbons (Fsp3) is 0.333. The molecule has 0 atom stereocenters. The first-order valence-corrected chi connectivity index (χ1v) is 8.67. The van der Waals surface area contributed by atoms with Crippen LogP contribution in [0.1, 0.15) is 34.3 Å². The summed E-state index contributed by atoms with van der Waals surface area (Å²) in [5.74, 6) is -0.881. The van der Waals surface area contributed by atoms with Crippen molar-refractivity contribution in [3.05, 3.63) is 71.0 Å². The highest BCUT2D eigenvalue weighted by Crippen LogP contribution is 2.37. The van der Waals surface area contributed by atoms with E-state index in [0.717, 1.165) is 5.56 Å². The molecule has 0 saturated carbocycles. The number of halogens is 1. The molecule has 26 heavy (non-hydrogen) atoms. The van der Waals surface area contributed by atoms with E-state index in [-0.39, 0.29) is 17.7 Å². The van der Waals surface area contributed by atoms with Gasteiger partial charge in [0.25, 0.3) is 5.91 Å². The number of esters is 1. The molecule has 1 heterocycles. The quantitative estimate of drug-likeness (QED) is 0.792. The standard InChI is InChI=1S/C21H22FNO3/c1-15-8-9-16(14-18(15)22)19(24)23-12-10-21(11-13-23,20(25)26-2)17-6-4-3-5-7-17/h3-9,14H,10-13H2,1-2H3. The minimum absolute atomic E-state index is 0.213. The lowest BCUT2D eigenvalue weighted by Gasteiger charge is -2.40. The Bertz CT molecular complexity index is 811. The lowest BCUT2D eigenvalue weighted by molar-refractivity contribution is -0.149. The molecule has 2 aromatic carbocycles. The highest BCUT2D eigenvalue weighted by molar-refractivity contribution is 5.94. The average molecular weight is 355 g/mol. The van der Waals surface area contributed by atoms with E-state index in [1.807, 2.05) is 30.3 Å². The van der Waals surface area contributed by atoms with Gasteiger partial charge in [-0.2, -0.15) is 0 Å². The van der Waals surface area contributed by atoms with Crippen LogP contribution < -0.4 is 0 Å². The molecular weight excluding hydrogens is 333 g/mol. The maximum Gasteiger partial charge on any atom is 0.316 e. The summed E-state index contributed by atoms with van der Waals surface area (Å²) in [5, 5.41) is 0. The Morgan fingerprint density at radius 1 is 1.08 bits per heavy atom. The van der Waals surface area contributed by atoms with Gasteiger partial charge in [0.1, 0.15) is 5.82 Å².